The number of hydrogen-bond donors (Lipinski definition) is 1. The van der Waals surface area contributed by atoms with Gasteiger partial charge in [-0.3, -0.25) is 0 Å². The average molecular weight is 243 g/mol. The normalized spacial score (nSPS) is 19.4. The van der Waals surface area contributed by atoms with Crippen LogP contribution in [-0.2, 0) is 9.47 Å². The molecule has 0 unspecified atom stereocenters. The molecule has 102 valence electrons. The summed E-state index contributed by atoms with van der Waals surface area (Å²) in [5, 5.41) is 3.54. The molecule has 0 spiro atoms. The van der Waals surface area contributed by atoms with Gasteiger partial charge in [0, 0.05) is 33.4 Å². The van der Waals surface area contributed by atoms with Gasteiger partial charge in [-0.2, -0.15) is 0 Å². The molecule has 3 nitrogen and oxygen atoms in total. The highest BCUT2D eigenvalue weighted by atomic mass is 16.5. The van der Waals surface area contributed by atoms with Crippen molar-refractivity contribution in [3.63, 3.8) is 0 Å². The van der Waals surface area contributed by atoms with E-state index in [0.717, 1.165) is 32.9 Å². The Morgan fingerprint density at radius 2 is 2.00 bits per heavy atom. The molecule has 0 aromatic rings. The van der Waals surface area contributed by atoms with Gasteiger partial charge in [-0.15, -0.1) is 0 Å². The summed E-state index contributed by atoms with van der Waals surface area (Å²) in [5.74, 6) is 0. The molecule has 1 heterocycles. The number of methoxy groups -OCH3 is 1. The van der Waals surface area contributed by atoms with E-state index in [-0.39, 0.29) is 0 Å². The van der Waals surface area contributed by atoms with Crippen molar-refractivity contribution in [3.05, 3.63) is 0 Å². The van der Waals surface area contributed by atoms with Gasteiger partial charge >= 0.3 is 0 Å². The molecule has 0 radical (unpaired) electrons. The fourth-order valence-electron chi connectivity index (χ4n) is 2.60. The average Bonchev–Trinajstić information content (AvgIpc) is 2.36. The standard InChI is InChI=1S/C14H29NO2/c1-3-4-5-6-14(7-10-17-11-8-14)13-15-9-12-16-2/h15H,3-13H2,1-2H3. The minimum Gasteiger partial charge on any atom is -0.383 e. The first-order valence-electron chi connectivity index (χ1n) is 7.10. The lowest BCUT2D eigenvalue weighted by atomic mass is 9.76. The first kappa shape index (κ1) is 14.9. The Morgan fingerprint density at radius 1 is 1.24 bits per heavy atom. The quantitative estimate of drug-likeness (QED) is 0.631. The third-order valence-electron chi connectivity index (χ3n) is 3.85. The number of unbranched alkanes of at least 4 members (excludes halogenated alkanes) is 2. The molecule has 17 heavy (non-hydrogen) atoms. The molecular formula is C14H29NO2. The summed E-state index contributed by atoms with van der Waals surface area (Å²) in [7, 11) is 1.76. The molecule has 1 N–H and O–H groups in total. The minimum absolute atomic E-state index is 0.487. The predicted molar refractivity (Wildman–Crippen MR) is 71.4 cm³/mol. The van der Waals surface area contributed by atoms with Crippen LogP contribution in [0, 0.1) is 5.41 Å². The van der Waals surface area contributed by atoms with Crippen molar-refractivity contribution in [1.29, 1.82) is 0 Å². The van der Waals surface area contributed by atoms with Gasteiger partial charge in [-0.05, 0) is 24.7 Å². The lowest BCUT2D eigenvalue weighted by Crippen LogP contribution is -2.40. The third-order valence-corrected chi connectivity index (χ3v) is 3.85. The van der Waals surface area contributed by atoms with Gasteiger partial charge in [-0.25, -0.2) is 0 Å². The first-order chi connectivity index (χ1) is 8.33. The summed E-state index contributed by atoms with van der Waals surface area (Å²) in [4.78, 5) is 0. The Bertz CT molecular complexity index is 179. The van der Waals surface area contributed by atoms with Crippen LogP contribution in [0.3, 0.4) is 0 Å². The Labute approximate surface area is 106 Å². The minimum atomic E-state index is 0.487. The van der Waals surface area contributed by atoms with E-state index in [4.69, 9.17) is 9.47 Å². The van der Waals surface area contributed by atoms with Crippen LogP contribution in [0.2, 0.25) is 0 Å². The Hall–Kier alpha value is -0.120. The van der Waals surface area contributed by atoms with Crippen molar-refractivity contribution in [1.82, 2.24) is 5.32 Å². The van der Waals surface area contributed by atoms with Gasteiger partial charge in [-0.1, -0.05) is 26.2 Å². The van der Waals surface area contributed by atoms with Crippen molar-refractivity contribution in [2.75, 3.05) is 40.0 Å². The largest absolute Gasteiger partial charge is 0.383 e. The highest BCUT2D eigenvalue weighted by Crippen LogP contribution is 2.35. The van der Waals surface area contributed by atoms with Crippen molar-refractivity contribution in [2.24, 2.45) is 5.41 Å². The number of rotatable bonds is 9. The second-order valence-corrected chi connectivity index (χ2v) is 5.24. The van der Waals surface area contributed by atoms with Crippen LogP contribution >= 0.6 is 0 Å². The molecule has 1 aliphatic heterocycles. The van der Waals surface area contributed by atoms with Crippen LogP contribution in [0.4, 0.5) is 0 Å². The maximum atomic E-state index is 5.51. The smallest absolute Gasteiger partial charge is 0.0587 e. The molecule has 0 atom stereocenters. The summed E-state index contributed by atoms with van der Waals surface area (Å²) < 4.78 is 10.6. The molecule has 1 rings (SSSR count). The van der Waals surface area contributed by atoms with E-state index in [1.165, 1.54) is 38.5 Å². The molecule has 1 aliphatic rings. The van der Waals surface area contributed by atoms with E-state index in [0.29, 0.717) is 5.41 Å². The Balaban J connectivity index is 2.29. The topological polar surface area (TPSA) is 30.5 Å². The monoisotopic (exact) mass is 243 g/mol. The zero-order valence-corrected chi connectivity index (χ0v) is 11.6. The zero-order valence-electron chi connectivity index (χ0n) is 11.6. The molecule has 0 bridgehead atoms. The zero-order chi connectivity index (χ0) is 12.4. The van der Waals surface area contributed by atoms with Crippen molar-refractivity contribution in [3.8, 4) is 0 Å². The van der Waals surface area contributed by atoms with E-state index in [9.17, 15) is 0 Å². The van der Waals surface area contributed by atoms with Gasteiger partial charge in [0.05, 0.1) is 6.61 Å². The second-order valence-electron chi connectivity index (χ2n) is 5.24. The van der Waals surface area contributed by atoms with Crippen molar-refractivity contribution in [2.45, 2.75) is 45.4 Å². The summed E-state index contributed by atoms with van der Waals surface area (Å²) in [6, 6.07) is 0. The maximum absolute atomic E-state index is 5.51. The van der Waals surface area contributed by atoms with Crippen LogP contribution in [0.25, 0.3) is 0 Å². The number of nitrogens with one attached hydrogen (secondary N) is 1. The van der Waals surface area contributed by atoms with Crippen LogP contribution < -0.4 is 5.32 Å². The summed E-state index contributed by atoms with van der Waals surface area (Å²) >= 11 is 0. The predicted octanol–water partition coefficient (Wildman–Crippen LogP) is 2.60. The van der Waals surface area contributed by atoms with Gasteiger partial charge < -0.3 is 14.8 Å². The fourth-order valence-corrected chi connectivity index (χ4v) is 2.60. The highest BCUT2D eigenvalue weighted by molar-refractivity contribution is 4.84. The van der Waals surface area contributed by atoms with Crippen LogP contribution in [0.5, 0.6) is 0 Å². The second kappa shape index (κ2) is 8.90. The molecular weight excluding hydrogens is 214 g/mol. The molecule has 0 aromatic heterocycles. The van der Waals surface area contributed by atoms with Crippen LogP contribution in [0.1, 0.15) is 45.4 Å². The number of hydrogen-bond acceptors (Lipinski definition) is 3. The maximum Gasteiger partial charge on any atom is 0.0587 e. The van der Waals surface area contributed by atoms with E-state index in [1.54, 1.807) is 7.11 Å². The molecule has 0 saturated carbocycles. The third kappa shape index (κ3) is 5.84. The van der Waals surface area contributed by atoms with E-state index >= 15 is 0 Å². The van der Waals surface area contributed by atoms with Gasteiger partial charge in [0.1, 0.15) is 0 Å². The SMILES string of the molecule is CCCCCC1(CNCCOC)CCOCC1. The summed E-state index contributed by atoms with van der Waals surface area (Å²) in [6.07, 6.45) is 7.82. The fraction of sp³-hybridized carbons (Fsp3) is 1.00. The first-order valence-corrected chi connectivity index (χ1v) is 7.10. The summed E-state index contributed by atoms with van der Waals surface area (Å²) in [6.45, 7) is 7.06. The number of ether oxygens (including phenoxy) is 2. The molecule has 3 heteroatoms. The van der Waals surface area contributed by atoms with Crippen molar-refractivity contribution < 1.29 is 9.47 Å². The highest BCUT2D eigenvalue weighted by Gasteiger charge is 2.31. The molecule has 0 aromatic carbocycles. The molecule has 0 amide bonds. The van der Waals surface area contributed by atoms with E-state index in [2.05, 4.69) is 12.2 Å². The van der Waals surface area contributed by atoms with Gasteiger partial charge in [0.25, 0.3) is 0 Å². The summed E-state index contributed by atoms with van der Waals surface area (Å²) in [5.41, 5.74) is 0.487. The lowest BCUT2D eigenvalue weighted by molar-refractivity contribution is 0.00860. The van der Waals surface area contributed by atoms with Gasteiger partial charge in [0.15, 0.2) is 0 Å². The van der Waals surface area contributed by atoms with Crippen molar-refractivity contribution >= 4 is 0 Å². The van der Waals surface area contributed by atoms with Crippen LogP contribution in [-0.4, -0.2) is 40.0 Å². The molecule has 1 fully saturated rings. The van der Waals surface area contributed by atoms with Crippen LogP contribution in [0.15, 0.2) is 0 Å². The molecule has 1 saturated heterocycles. The Morgan fingerprint density at radius 3 is 2.65 bits per heavy atom. The lowest BCUT2D eigenvalue weighted by Gasteiger charge is -2.37. The Kier molecular flexibility index (Phi) is 7.82. The molecule has 0 aliphatic carbocycles. The van der Waals surface area contributed by atoms with E-state index in [1.807, 2.05) is 0 Å². The van der Waals surface area contributed by atoms with Gasteiger partial charge in [0.2, 0.25) is 0 Å². The van der Waals surface area contributed by atoms with E-state index < -0.39 is 0 Å².